The Bertz CT molecular complexity index is 1000. The highest BCUT2D eigenvalue weighted by molar-refractivity contribution is 5.95. The van der Waals surface area contributed by atoms with Gasteiger partial charge in [-0.15, -0.1) is 0 Å². The van der Waals surface area contributed by atoms with Gasteiger partial charge in [-0.25, -0.2) is 14.0 Å². The molecule has 2 aliphatic heterocycles. The van der Waals surface area contributed by atoms with Crippen molar-refractivity contribution in [2.75, 3.05) is 26.7 Å². The predicted octanol–water partition coefficient (Wildman–Crippen LogP) is 3.56. The van der Waals surface area contributed by atoms with Crippen molar-refractivity contribution in [1.82, 2.24) is 15.5 Å². The second-order valence-corrected chi connectivity index (χ2v) is 8.38. The molecule has 0 radical (unpaired) electrons. The quantitative estimate of drug-likeness (QED) is 0.678. The van der Waals surface area contributed by atoms with Crippen LogP contribution in [-0.2, 0) is 16.0 Å². The molecule has 0 spiro atoms. The first-order chi connectivity index (χ1) is 15.5. The number of urea groups is 1. The first-order valence-electron chi connectivity index (χ1n) is 10.9. The number of methoxy groups -OCH3 is 1. The molecule has 2 aromatic carbocycles. The number of benzene rings is 2. The Kier molecular flexibility index (Phi) is 6.85. The van der Waals surface area contributed by atoms with E-state index in [9.17, 15) is 14.0 Å². The van der Waals surface area contributed by atoms with Crippen LogP contribution in [0.2, 0.25) is 0 Å². The maximum Gasteiger partial charge on any atom is 0.338 e. The Morgan fingerprint density at radius 3 is 2.56 bits per heavy atom. The molecule has 0 aromatic heterocycles. The van der Waals surface area contributed by atoms with E-state index in [4.69, 9.17) is 4.74 Å². The van der Waals surface area contributed by atoms with Crippen LogP contribution in [0.5, 0.6) is 0 Å². The Labute approximate surface area is 187 Å². The number of nitrogens with one attached hydrogen (secondary N) is 2. The number of piperidine rings is 1. The zero-order valence-electron chi connectivity index (χ0n) is 18.1. The largest absolute Gasteiger partial charge is 0.466 e. The van der Waals surface area contributed by atoms with E-state index in [1.54, 1.807) is 12.1 Å². The lowest BCUT2D eigenvalue weighted by molar-refractivity contribution is -0.136. The Morgan fingerprint density at radius 1 is 1.12 bits per heavy atom. The number of amides is 2. The van der Waals surface area contributed by atoms with Crippen LogP contribution < -0.4 is 10.6 Å². The van der Waals surface area contributed by atoms with E-state index in [0.717, 1.165) is 32.4 Å². The molecule has 2 heterocycles. The van der Waals surface area contributed by atoms with Gasteiger partial charge in [0.25, 0.3) is 0 Å². The number of likely N-dealkylation sites (tertiary alicyclic amines) is 1. The van der Waals surface area contributed by atoms with Gasteiger partial charge in [0.2, 0.25) is 0 Å². The summed E-state index contributed by atoms with van der Waals surface area (Å²) in [6.45, 7) is 2.19. The number of carbonyl (C=O) groups excluding carboxylic acids is 2. The highest BCUT2D eigenvalue weighted by Gasteiger charge is 2.34. The SMILES string of the molecule is COC(=O)C1=C(CN2CCC(Cc3ccccc3)CC2)NC(=O)N[C@H]1c1cccc(F)c1. The van der Waals surface area contributed by atoms with Gasteiger partial charge in [0.1, 0.15) is 5.82 Å². The van der Waals surface area contributed by atoms with Crippen LogP contribution in [-0.4, -0.2) is 43.6 Å². The Hall–Kier alpha value is -3.19. The minimum Gasteiger partial charge on any atom is -0.466 e. The predicted molar refractivity (Wildman–Crippen MR) is 119 cm³/mol. The van der Waals surface area contributed by atoms with Crippen molar-refractivity contribution >= 4 is 12.0 Å². The van der Waals surface area contributed by atoms with E-state index in [2.05, 4.69) is 39.8 Å². The third kappa shape index (κ3) is 5.16. The minimum atomic E-state index is -0.766. The molecule has 1 atom stereocenters. The number of carbonyl (C=O) groups is 2. The van der Waals surface area contributed by atoms with E-state index in [0.29, 0.717) is 29.3 Å². The van der Waals surface area contributed by atoms with Gasteiger partial charge in [0, 0.05) is 12.2 Å². The molecule has 2 N–H and O–H groups in total. The topological polar surface area (TPSA) is 70.7 Å². The lowest BCUT2D eigenvalue weighted by Crippen LogP contribution is -2.49. The molecule has 0 saturated carbocycles. The number of hydrogen-bond donors (Lipinski definition) is 2. The summed E-state index contributed by atoms with van der Waals surface area (Å²) < 4.78 is 18.8. The molecule has 2 aromatic rings. The third-order valence-electron chi connectivity index (χ3n) is 6.20. The number of ether oxygens (including phenoxy) is 1. The van der Waals surface area contributed by atoms with E-state index in [-0.39, 0.29) is 0 Å². The smallest absolute Gasteiger partial charge is 0.338 e. The fourth-order valence-corrected chi connectivity index (χ4v) is 4.55. The van der Waals surface area contributed by atoms with Gasteiger partial charge in [0.15, 0.2) is 0 Å². The summed E-state index contributed by atoms with van der Waals surface area (Å²) in [6.07, 6.45) is 3.16. The Morgan fingerprint density at radius 2 is 1.88 bits per heavy atom. The summed E-state index contributed by atoms with van der Waals surface area (Å²) in [4.78, 5) is 27.3. The molecule has 1 fully saturated rings. The zero-order chi connectivity index (χ0) is 22.5. The van der Waals surface area contributed by atoms with Crippen molar-refractivity contribution in [2.24, 2.45) is 5.92 Å². The fraction of sp³-hybridized carbons (Fsp3) is 0.360. The van der Waals surface area contributed by atoms with Crippen LogP contribution in [0.1, 0.15) is 30.0 Å². The highest BCUT2D eigenvalue weighted by atomic mass is 19.1. The number of rotatable bonds is 6. The molecule has 0 aliphatic carbocycles. The molecule has 1 saturated heterocycles. The van der Waals surface area contributed by atoms with Crippen LogP contribution in [0.25, 0.3) is 0 Å². The van der Waals surface area contributed by atoms with Crippen molar-refractivity contribution in [3.05, 3.63) is 82.8 Å². The number of halogens is 1. The first kappa shape index (κ1) is 22.0. The van der Waals surface area contributed by atoms with Crippen LogP contribution in [0.3, 0.4) is 0 Å². The average Bonchev–Trinajstić information content (AvgIpc) is 2.80. The highest BCUT2D eigenvalue weighted by Crippen LogP contribution is 2.29. The zero-order valence-corrected chi connectivity index (χ0v) is 18.1. The molecular weight excluding hydrogens is 409 g/mol. The number of esters is 1. The van der Waals surface area contributed by atoms with Gasteiger partial charge >= 0.3 is 12.0 Å². The molecular formula is C25H28FN3O3. The minimum absolute atomic E-state index is 0.309. The van der Waals surface area contributed by atoms with Crippen LogP contribution >= 0.6 is 0 Å². The molecule has 4 rings (SSSR count). The van der Waals surface area contributed by atoms with Crippen LogP contribution in [0.15, 0.2) is 65.9 Å². The first-order valence-corrected chi connectivity index (χ1v) is 10.9. The summed E-state index contributed by atoms with van der Waals surface area (Å²) in [5, 5.41) is 5.52. The van der Waals surface area contributed by atoms with Gasteiger partial charge in [-0.1, -0.05) is 42.5 Å². The molecule has 0 bridgehead atoms. The normalized spacial score (nSPS) is 19.9. The summed E-state index contributed by atoms with van der Waals surface area (Å²) in [6, 6.07) is 15.2. The van der Waals surface area contributed by atoms with Crippen molar-refractivity contribution in [1.29, 1.82) is 0 Å². The van der Waals surface area contributed by atoms with Gasteiger partial charge in [0.05, 0.1) is 18.7 Å². The van der Waals surface area contributed by atoms with E-state index < -0.39 is 23.9 Å². The van der Waals surface area contributed by atoms with Gasteiger partial charge in [-0.3, -0.25) is 4.90 Å². The summed E-state index contributed by atoms with van der Waals surface area (Å²) in [5.41, 5.74) is 2.67. The Balaban J connectivity index is 1.50. The molecule has 32 heavy (non-hydrogen) atoms. The number of hydrogen-bond acceptors (Lipinski definition) is 4. The average molecular weight is 438 g/mol. The fourth-order valence-electron chi connectivity index (χ4n) is 4.55. The second kappa shape index (κ2) is 9.96. The standard InChI is InChI=1S/C25H28FN3O3/c1-32-24(30)22-21(27-25(31)28-23(22)19-8-5-9-20(26)15-19)16-29-12-10-18(11-13-29)14-17-6-3-2-4-7-17/h2-9,15,18,23H,10-14,16H2,1H3,(H2,27,28,31)/t23-/m0/s1. The molecule has 2 amide bonds. The molecule has 2 aliphatic rings. The number of nitrogens with zero attached hydrogens (tertiary/aromatic N) is 1. The summed E-state index contributed by atoms with van der Waals surface area (Å²) in [5.74, 6) is -0.354. The molecule has 168 valence electrons. The summed E-state index contributed by atoms with van der Waals surface area (Å²) in [7, 11) is 1.31. The maximum absolute atomic E-state index is 13.8. The third-order valence-corrected chi connectivity index (χ3v) is 6.20. The summed E-state index contributed by atoms with van der Waals surface area (Å²) >= 11 is 0. The van der Waals surface area contributed by atoms with Gasteiger partial charge < -0.3 is 15.4 Å². The molecule has 7 heteroatoms. The van der Waals surface area contributed by atoms with E-state index in [1.807, 2.05) is 6.07 Å². The second-order valence-electron chi connectivity index (χ2n) is 8.38. The van der Waals surface area contributed by atoms with E-state index >= 15 is 0 Å². The van der Waals surface area contributed by atoms with Crippen LogP contribution in [0, 0.1) is 11.7 Å². The van der Waals surface area contributed by atoms with Crippen molar-refractivity contribution in [2.45, 2.75) is 25.3 Å². The van der Waals surface area contributed by atoms with E-state index in [1.165, 1.54) is 24.8 Å². The van der Waals surface area contributed by atoms with Crippen molar-refractivity contribution in [3.63, 3.8) is 0 Å². The lowest BCUT2D eigenvalue weighted by atomic mass is 9.89. The van der Waals surface area contributed by atoms with Crippen molar-refractivity contribution in [3.8, 4) is 0 Å². The maximum atomic E-state index is 13.8. The molecule has 0 unspecified atom stereocenters. The molecule has 6 nitrogen and oxygen atoms in total. The van der Waals surface area contributed by atoms with Crippen LogP contribution in [0.4, 0.5) is 9.18 Å². The lowest BCUT2D eigenvalue weighted by Gasteiger charge is -2.35. The van der Waals surface area contributed by atoms with Gasteiger partial charge in [-0.2, -0.15) is 0 Å². The van der Waals surface area contributed by atoms with Gasteiger partial charge in [-0.05, 0) is 61.5 Å². The monoisotopic (exact) mass is 437 g/mol. The van der Waals surface area contributed by atoms with Crippen molar-refractivity contribution < 1.29 is 18.7 Å².